The smallest absolute Gasteiger partial charge is 0.326 e. The van der Waals surface area contributed by atoms with Crippen molar-refractivity contribution >= 4 is 35.3 Å². The summed E-state index contributed by atoms with van der Waals surface area (Å²) in [6.45, 7) is 4.25. The van der Waals surface area contributed by atoms with Crippen LogP contribution >= 0.6 is 11.8 Å². The molecular weight excluding hydrogens is 526 g/mol. The third-order valence-corrected chi connectivity index (χ3v) is 9.58. The van der Waals surface area contributed by atoms with E-state index >= 15 is 0 Å². The van der Waals surface area contributed by atoms with Gasteiger partial charge in [0.05, 0.1) is 16.3 Å². The third kappa shape index (κ3) is 5.17. The number of hydrogen-bond donors (Lipinski definition) is 4. The van der Waals surface area contributed by atoms with Gasteiger partial charge in [-0.1, -0.05) is 42.8 Å². The summed E-state index contributed by atoms with van der Waals surface area (Å²) in [5.74, 6) is 1.17. The summed E-state index contributed by atoms with van der Waals surface area (Å²) in [5, 5.41) is 12.8. The maximum atomic E-state index is 13.6. The van der Waals surface area contributed by atoms with Gasteiger partial charge in [0.25, 0.3) is 5.91 Å². The molecular formula is C30H35N5O4S. The van der Waals surface area contributed by atoms with Crippen LogP contribution in [0.4, 0.5) is 10.5 Å². The number of urea groups is 1. The van der Waals surface area contributed by atoms with E-state index in [0.717, 1.165) is 55.6 Å². The Labute approximate surface area is 238 Å². The number of rotatable bonds is 6. The van der Waals surface area contributed by atoms with Crippen LogP contribution in [0, 0.1) is 12.8 Å². The fourth-order valence-electron chi connectivity index (χ4n) is 6.46. The summed E-state index contributed by atoms with van der Waals surface area (Å²) >= 11 is 1.50. The normalized spacial score (nSPS) is 27.5. The number of piperidine rings is 1. The zero-order valence-electron chi connectivity index (χ0n) is 22.7. The van der Waals surface area contributed by atoms with Gasteiger partial charge in [0.1, 0.15) is 11.5 Å². The molecule has 0 bridgehead atoms. The molecule has 0 aromatic heterocycles. The van der Waals surface area contributed by atoms with Gasteiger partial charge in [0.15, 0.2) is 0 Å². The lowest BCUT2D eigenvalue weighted by atomic mass is 9.86. The molecule has 5 atom stereocenters. The molecule has 40 heavy (non-hydrogen) atoms. The molecule has 4 amide bonds. The quantitative estimate of drug-likeness (QED) is 0.422. The maximum absolute atomic E-state index is 13.6. The van der Waals surface area contributed by atoms with E-state index in [4.69, 9.17) is 4.74 Å². The molecule has 3 aliphatic heterocycles. The highest BCUT2D eigenvalue weighted by atomic mass is 32.2. The Morgan fingerprint density at radius 1 is 1.00 bits per heavy atom. The van der Waals surface area contributed by atoms with Gasteiger partial charge < -0.3 is 26.0 Å². The zero-order chi connectivity index (χ0) is 27.8. The molecule has 3 heterocycles. The first-order valence-corrected chi connectivity index (χ1v) is 14.9. The number of nitrogens with zero attached hydrogens (tertiary/aromatic N) is 1. The van der Waals surface area contributed by atoms with Crippen LogP contribution in [0.5, 0.6) is 11.5 Å². The van der Waals surface area contributed by atoms with E-state index in [0.29, 0.717) is 16.4 Å². The van der Waals surface area contributed by atoms with Crippen LogP contribution in [-0.4, -0.2) is 47.9 Å². The monoisotopic (exact) mass is 561 g/mol. The molecule has 6 rings (SSSR count). The first-order chi connectivity index (χ1) is 19.4. The van der Waals surface area contributed by atoms with Gasteiger partial charge in [0, 0.05) is 36.3 Å². The Hall–Kier alpha value is -3.50. The average molecular weight is 562 g/mol. The third-order valence-electron chi connectivity index (χ3n) is 8.23. The van der Waals surface area contributed by atoms with Gasteiger partial charge in [-0.25, -0.2) is 4.79 Å². The summed E-state index contributed by atoms with van der Waals surface area (Å²) in [6.07, 6.45) is 4.48. The van der Waals surface area contributed by atoms with Crippen molar-refractivity contribution in [1.29, 1.82) is 0 Å². The van der Waals surface area contributed by atoms with Crippen molar-refractivity contribution in [1.82, 2.24) is 21.3 Å². The van der Waals surface area contributed by atoms with E-state index in [1.54, 1.807) is 0 Å². The van der Waals surface area contributed by atoms with Crippen LogP contribution in [0.3, 0.4) is 0 Å². The highest BCUT2D eigenvalue weighted by molar-refractivity contribution is 8.04. The zero-order valence-corrected chi connectivity index (χ0v) is 23.6. The summed E-state index contributed by atoms with van der Waals surface area (Å²) in [7, 11) is 0. The van der Waals surface area contributed by atoms with Crippen LogP contribution < -0.4 is 30.9 Å². The topological polar surface area (TPSA) is 112 Å². The predicted molar refractivity (Wildman–Crippen MR) is 155 cm³/mol. The summed E-state index contributed by atoms with van der Waals surface area (Å²) in [4.78, 5) is 41.4. The highest BCUT2D eigenvalue weighted by Crippen LogP contribution is 2.48. The van der Waals surface area contributed by atoms with E-state index < -0.39 is 0 Å². The van der Waals surface area contributed by atoms with Gasteiger partial charge in [-0.3, -0.25) is 14.5 Å². The number of hydrogen-bond acceptors (Lipinski definition) is 6. The SMILES string of the molecule is CC(=O)N[C@@H]1CCCC[C@H]1NC(=O)C1=C2NC(=O)N(c3ccc(Oc4ccccc4)cc3C)C3CCNC(S1)C23. The fraction of sp³-hybridized carbons (Fsp3) is 0.433. The van der Waals surface area contributed by atoms with Gasteiger partial charge >= 0.3 is 6.03 Å². The van der Waals surface area contributed by atoms with Crippen molar-refractivity contribution in [2.45, 2.75) is 69.5 Å². The van der Waals surface area contributed by atoms with E-state index in [-0.39, 0.29) is 47.3 Å². The minimum absolute atomic E-state index is 0.00362. The number of anilines is 1. The number of amides is 4. The van der Waals surface area contributed by atoms with Gasteiger partial charge in [-0.05, 0) is 68.6 Å². The summed E-state index contributed by atoms with van der Waals surface area (Å²) in [6, 6.07) is 14.9. The van der Waals surface area contributed by atoms with Crippen LogP contribution in [0.15, 0.2) is 59.1 Å². The molecule has 4 aliphatic rings. The fourth-order valence-corrected chi connectivity index (χ4v) is 7.86. The van der Waals surface area contributed by atoms with Crippen LogP contribution in [0.2, 0.25) is 0 Å². The van der Waals surface area contributed by atoms with Crippen molar-refractivity contribution in [2.24, 2.45) is 5.92 Å². The Kier molecular flexibility index (Phi) is 7.46. The number of benzene rings is 2. The Morgan fingerprint density at radius 3 is 2.48 bits per heavy atom. The average Bonchev–Trinajstić information content (AvgIpc) is 3.30. The second kappa shape index (κ2) is 11.2. The molecule has 3 unspecified atom stereocenters. The Morgan fingerprint density at radius 2 is 1.75 bits per heavy atom. The lowest BCUT2D eigenvalue weighted by Crippen LogP contribution is -2.62. The van der Waals surface area contributed by atoms with Crippen LogP contribution in [-0.2, 0) is 9.59 Å². The molecule has 10 heteroatoms. The molecule has 0 radical (unpaired) electrons. The van der Waals surface area contributed by atoms with Crippen molar-refractivity contribution in [2.75, 3.05) is 11.4 Å². The van der Waals surface area contributed by atoms with E-state index in [9.17, 15) is 14.4 Å². The summed E-state index contributed by atoms with van der Waals surface area (Å²) in [5.41, 5.74) is 2.49. The molecule has 1 aliphatic carbocycles. The number of nitrogens with one attached hydrogen (secondary N) is 4. The van der Waals surface area contributed by atoms with E-state index in [1.165, 1.54) is 18.7 Å². The van der Waals surface area contributed by atoms with Crippen LogP contribution in [0.25, 0.3) is 0 Å². The first kappa shape index (κ1) is 26.7. The van der Waals surface area contributed by atoms with E-state index in [2.05, 4.69) is 21.3 Å². The number of para-hydroxylation sites is 1. The molecule has 210 valence electrons. The first-order valence-electron chi connectivity index (χ1n) is 14.0. The molecule has 2 saturated heterocycles. The molecule has 3 fully saturated rings. The molecule has 2 aromatic carbocycles. The summed E-state index contributed by atoms with van der Waals surface area (Å²) < 4.78 is 6.00. The van der Waals surface area contributed by atoms with E-state index in [1.807, 2.05) is 60.4 Å². The van der Waals surface area contributed by atoms with Crippen molar-refractivity contribution in [3.8, 4) is 11.5 Å². The second-order valence-electron chi connectivity index (χ2n) is 11.0. The van der Waals surface area contributed by atoms with Crippen molar-refractivity contribution in [3.05, 3.63) is 64.7 Å². The number of aryl methyl sites for hydroxylation is 1. The molecule has 1 saturated carbocycles. The van der Waals surface area contributed by atoms with Crippen molar-refractivity contribution < 1.29 is 19.1 Å². The lowest BCUT2D eigenvalue weighted by molar-refractivity contribution is -0.121. The van der Waals surface area contributed by atoms with Gasteiger partial charge in [-0.2, -0.15) is 0 Å². The standard InChI is InChI=1S/C30H35N5O4S/c1-17-16-20(39-19-8-4-3-5-9-19)12-13-23(17)35-24-14-15-31-29-25(24)26(34-30(35)38)27(40-29)28(37)33-22-11-7-6-10-21(22)32-18(2)36/h3-5,8-9,12-13,16,21-22,24-25,29,31H,6-7,10-11,14-15H2,1-2H3,(H,32,36)(H,33,37)(H,34,38)/t21-,22-,24?,25?,29?/m1/s1. The predicted octanol–water partition coefficient (Wildman–Crippen LogP) is 4.14. The second-order valence-corrected chi connectivity index (χ2v) is 12.1. The minimum atomic E-state index is -0.224. The maximum Gasteiger partial charge on any atom is 0.326 e. The van der Waals surface area contributed by atoms with Gasteiger partial charge in [0.2, 0.25) is 5.91 Å². The highest BCUT2D eigenvalue weighted by Gasteiger charge is 2.52. The largest absolute Gasteiger partial charge is 0.457 e. The Bertz CT molecular complexity index is 1350. The van der Waals surface area contributed by atoms with Crippen LogP contribution in [0.1, 0.15) is 44.6 Å². The Balaban J connectivity index is 1.23. The number of carbonyl (C=O) groups excluding carboxylic acids is 3. The molecule has 4 N–H and O–H groups in total. The molecule has 2 aromatic rings. The van der Waals surface area contributed by atoms with Gasteiger partial charge in [-0.15, -0.1) is 0 Å². The van der Waals surface area contributed by atoms with Crippen molar-refractivity contribution in [3.63, 3.8) is 0 Å². The molecule has 0 spiro atoms. The number of ether oxygens (including phenoxy) is 1. The number of thioether (sulfide) groups is 1. The minimum Gasteiger partial charge on any atom is -0.457 e. The number of carbonyl (C=O) groups is 3. The lowest BCUT2D eigenvalue weighted by Gasteiger charge is -2.46. The molecule has 9 nitrogen and oxygen atoms in total.